The minimum absolute atomic E-state index is 0.126. The summed E-state index contributed by atoms with van der Waals surface area (Å²) in [5, 5.41) is 7.36. The van der Waals surface area contributed by atoms with Gasteiger partial charge >= 0.3 is 0 Å². The third-order valence-corrected chi connectivity index (χ3v) is 5.22. The largest absolute Gasteiger partial charge is 0.486 e. The monoisotopic (exact) mass is 421 g/mol. The summed E-state index contributed by atoms with van der Waals surface area (Å²) >= 11 is 0. The molecule has 2 amide bonds. The average molecular weight is 421 g/mol. The number of nitrogens with zero attached hydrogens (tertiary/aromatic N) is 4. The molecule has 4 rings (SSSR count). The Kier molecular flexibility index (Phi) is 5.41. The first-order valence-electron chi connectivity index (χ1n) is 9.96. The third-order valence-electron chi connectivity index (χ3n) is 5.22. The number of benzene rings is 1. The van der Waals surface area contributed by atoms with Gasteiger partial charge in [0.25, 0.3) is 11.9 Å². The first kappa shape index (κ1) is 20.5. The summed E-state index contributed by atoms with van der Waals surface area (Å²) in [6.45, 7) is 10.1. The van der Waals surface area contributed by atoms with Gasteiger partial charge in [0.2, 0.25) is 5.91 Å². The van der Waals surface area contributed by atoms with Gasteiger partial charge in [-0.3, -0.25) is 9.59 Å². The van der Waals surface area contributed by atoms with Gasteiger partial charge in [0.1, 0.15) is 13.2 Å². The van der Waals surface area contributed by atoms with Crippen molar-refractivity contribution in [1.82, 2.24) is 9.78 Å². The van der Waals surface area contributed by atoms with Crippen LogP contribution in [0.4, 0.5) is 5.69 Å². The topological polar surface area (TPSA) is 107 Å². The molecule has 160 valence electrons. The molecule has 2 aliphatic heterocycles. The van der Waals surface area contributed by atoms with Crippen LogP contribution in [-0.2, 0) is 16.0 Å². The summed E-state index contributed by atoms with van der Waals surface area (Å²) in [6.07, 6.45) is 0.761. The molecule has 0 radical (unpaired) electrons. The summed E-state index contributed by atoms with van der Waals surface area (Å²) in [4.78, 5) is 32.8. The lowest BCUT2D eigenvalue weighted by molar-refractivity contribution is -0.116. The molecule has 1 aromatic heterocycles. The van der Waals surface area contributed by atoms with Gasteiger partial charge in [-0.15, -0.1) is 0 Å². The number of anilines is 1. The van der Waals surface area contributed by atoms with E-state index >= 15 is 0 Å². The normalized spacial score (nSPS) is 15.5. The number of nitrogens with one attached hydrogen (secondary N) is 1. The van der Waals surface area contributed by atoms with E-state index in [1.54, 1.807) is 25.1 Å². The van der Waals surface area contributed by atoms with E-state index in [-0.39, 0.29) is 23.9 Å². The number of carbonyl (C=O) groups excluding carboxylic acids is 2. The zero-order valence-corrected chi connectivity index (χ0v) is 17.7. The van der Waals surface area contributed by atoms with Crippen LogP contribution in [0.3, 0.4) is 0 Å². The lowest BCUT2D eigenvalue weighted by Crippen LogP contribution is -2.23. The zero-order chi connectivity index (χ0) is 22.1. The quantitative estimate of drug-likeness (QED) is 0.764. The number of aryl methyl sites for hydroxylation is 1. The Morgan fingerprint density at radius 3 is 2.65 bits per heavy atom. The van der Waals surface area contributed by atoms with Gasteiger partial charge in [0.05, 0.1) is 17.0 Å². The van der Waals surface area contributed by atoms with Gasteiger partial charge in [0, 0.05) is 23.9 Å². The summed E-state index contributed by atoms with van der Waals surface area (Å²) in [6, 6.07) is 5.32. The van der Waals surface area contributed by atoms with E-state index in [9.17, 15) is 9.59 Å². The Morgan fingerprint density at radius 1 is 1.16 bits per heavy atom. The van der Waals surface area contributed by atoms with Gasteiger partial charge in [0.15, 0.2) is 11.5 Å². The summed E-state index contributed by atoms with van der Waals surface area (Å²) in [5.41, 5.74) is 3.92. The lowest BCUT2D eigenvalue weighted by Gasteiger charge is -2.19. The fraction of sp³-hybridized carbons (Fsp3) is 0.318. The summed E-state index contributed by atoms with van der Waals surface area (Å²) < 4.78 is 12.6. The highest BCUT2D eigenvalue weighted by Crippen LogP contribution is 2.32. The van der Waals surface area contributed by atoms with Gasteiger partial charge in [-0.2, -0.15) is 10.1 Å². The Bertz CT molecular complexity index is 1160. The molecule has 0 saturated carbocycles. The van der Waals surface area contributed by atoms with Crippen LogP contribution in [-0.4, -0.2) is 46.5 Å². The molecule has 1 aromatic carbocycles. The highest BCUT2D eigenvalue weighted by Gasteiger charge is 2.22. The standard InChI is InChI=1S/C22H23N5O4/c1-12-13(2)23-22(25-21(12)29)27-15(4)17(14(3)26-27)6-8-20(28)24-16-5-7-18-19(11-16)31-10-9-30-18/h5,7,11H,1,6,8-10H2,2-4H3,(H,24,28). The number of carbonyl (C=O) groups is 2. The maximum absolute atomic E-state index is 12.5. The van der Waals surface area contributed by atoms with Crippen LogP contribution in [0.5, 0.6) is 11.5 Å². The lowest BCUT2D eigenvalue weighted by atomic mass is 10.1. The molecular formula is C22H23N5O4. The minimum atomic E-state index is -0.421. The predicted octanol–water partition coefficient (Wildman–Crippen LogP) is 2.60. The number of aromatic nitrogens is 2. The van der Waals surface area contributed by atoms with Crippen LogP contribution in [0.15, 0.2) is 40.3 Å². The van der Waals surface area contributed by atoms with Crippen molar-refractivity contribution in [2.24, 2.45) is 9.98 Å². The molecule has 1 N–H and O–H groups in total. The third kappa shape index (κ3) is 4.11. The number of ether oxygens (including phenoxy) is 2. The van der Waals surface area contributed by atoms with E-state index in [2.05, 4.69) is 27.0 Å². The van der Waals surface area contributed by atoms with Crippen molar-refractivity contribution in [1.29, 1.82) is 0 Å². The van der Waals surface area contributed by atoms with Crippen molar-refractivity contribution in [2.45, 2.75) is 33.6 Å². The van der Waals surface area contributed by atoms with Crippen LogP contribution in [0, 0.1) is 13.8 Å². The Balaban J connectivity index is 1.44. The number of hydrogen-bond donors (Lipinski definition) is 1. The molecule has 2 aliphatic rings. The van der Waals surface area contributed by atoms with E-state index < -0.39 is 5.91 Å². The highest BCUT2D eigenvalue weighted by atomic mass is 16.6. The Labute approximate surface area is 179 Å². The maximum Gasteiger partial charge on any atom is 0.281 e. The first-order chi connectivity index (χ1) is 14.8. The van der Waals surface area contributed by atoms with Crippen LogP contribution >= 0.6 is 0 Å². The van der Waals surface area contributed by atoms with E-state index in [1.165, 1.54) is 4.68 Å². The maximum atomic E-state index is 12.5. The second-order valence-corrected chi connectivity index (χ2v) is 7.36. The van der Waals surface area contributed by atoms with Gasteiger partial charge in [-0.25, -0.2) is 9.67 Å². The molecule has 9 heteroatoms. The van der Waals surface area contributed by atoms with Crippen LogP contribution in [0.1, 0.15) is 30.3 Å². The predicted molar refractivity (Wildman–Crippen MR) is 116 cm³/mol. The van der Waals surface area contributed by atoms with E-state index in [0.29, 0.717) is 42.5 Å². The molecule has 0 bridgehead atoms. The number of rotatable bonds is 4. The SMILES string of the molecule is C=C1C(=O)N=C(n2nc(C)c(CCC(=O)Nc3ccc4c(c3)OCCO4)c2C)N=C1C. The van der Waals surface area contributed by atoms with Crippen LogP contribution < -0.4 is 14.8 Å². The van der Waals surface area contributed by atoms with Crippen molar-refractivity contribution in [2.75, 3.05) is 18.5 Å². The summed E-state index contributed by atoms with van der Waals surface area (Å²) in [5.74, 6) is 0.961. The van der Waals surface area contributed by atoms with Gasteiger partial charge in [-0.1, -0.05) is 6.58 Å². The smallest absolute Gasteiger partial charge is 0.281 e. The van der Waals surface area contributed by atoms with Crippen LogP contribution in [0.25, 0.3) is 0 Å². The molecule has 31 heavy (non-hydrogen) atoms. The van der Waals surface area contributed by atoms with Crippen molar-refractivity contribution >= 4 is 29.2 Å². The molecule has 0 spiro atoms. The van der Waals surface area contributed by atoms with E-state index in [1.807, 2.05) is 13.8 Å². The minimum Gasteiger partial charge on any atom is -0.486 e. The van der Waals surface area contributed by atoms with Gasteiger partial charge < -0.3 is 14.8 Å². The molecule has 0 fully saturated rings. The molecular weight excluding hydrogens is 398 g/mol. The Morgan fingerprint density at radius 2 is 1.90 bits per heavy atom. The molecule has 0 saturated heterocycles. The van der Waals surface area contributed by atoms with Crippen LogP contribution in [0.2, 0.25) is 0 Å². The van der Waals surface area contributed by atoms with Crippen molar-refractivity contribution < 1.29 is 19.1 Å². The second-order valence-electron chi connectivity index (χ2n) is 7.36. The second kappa shape index (κ2) is 8.17. The molecule has 3 heterocycles. The van der Waals surface area contributed by atoms with E-state index in [0.717, 1.165) is 17.0 Å². The number of hydrogen-bond acceptors (Lipinski definition) is 6. The first-order valence-corrected chi connectivity index (χ1v) is 9.96. The Hall–Kier alpha value is -3.75. The number of fused-ring (bicyclic) bond motifs is 1. The average Bonchev–Trinajstić information content (AvgIpc) is 3.03. The number of aliphatic imine (C=N–C) groups is 2. The van der Waals surface area contributed by atoms with Crippen molar-refractivity contribution in [3.05, 3.63) is 47.3 Å². The fourth-order valence-electron chi connectivity index (χ4n) is 3.46. The molecule has 2 aromatic rings. The van der Waals surface area contributed by atoms with Crippen molar-refractivity contribution in [3.63, 3.8) is 0 Å². The number of amides is 2. The highest BCUT2D eigenvalue weighted by molar-refractivity contribution is 6.27. The summed E-state index contributed by atoms with van der Waals surface area (Å²) in [7, 11) is 0. The van der Waals surface area contributed by atoms with Gasteiger partial charge in [-0.05, 0) is 44.9 Å². The molecule has 0 unspecified atom stereocenters. The molecule has 0 atom stereocenters. The fourth-order valence-corrected chi connectivity index (χ4v) is 3.46. The zero-order valence-electron chi connectivity index (χ0n) is 17.7. The molecule has 0 aliphatic carbocycles. The van der Waals surface area contributed by atoms with Crippen molar-refractivity contribution in [3.8, 4) is 11.5 Å². The van der Waals surface area contributed by atoms with E-state index in [4.69, 9.17) is 9.47 Å². The molecule has 9 nitrogen and oxygen atoms in total.